The highest BCUT2D eigenvalue weighted by Gasteiger charge is 2.29. The van der Waals surface area contributed by atoms with Gasteiger partial charge in [-0.2, -0.15) is 0 Å². The number of carbonyl (C=O) groups is 3. The Kier molecular flexibility index (Phi) is 6.85. The Morgan fingerprint density at radius 2 is 1.67 bits per heavy atom. The zero-order valence-corrected chi connectivity index (χ0v) is 16.5. The number of hydrogen-bond acceptors (Lipinski definition) is 4. The van der Waals surface area contributed by atoms with E-state index in [0.717, 1.165) is 27.2 Å². The van der Waals surface area contributed by atoms with Crippen molar-refractivity contribution in [2.45, 2.75) is 12.3 Å². The number of carboxylic acids is 1. The molecular formula is C23H24N2O5. The van der Waals surface area contributed by atoms with Crippen molar-refractivity contribution in [2.24, 2.45) is 0 Å². The van der Waals surface area contributed by atoms with Gasteiger partial charge in [0, 0.05) is 25.4 Å². The number of carboxylic acid groups (broad SMARTS) is 1. The van der Waals surface area contributed by atoms with E-state index in [-0.39, 0.29) is 37.9 Å². The summed E-state index contributed by atoms with van der Waals surface area (Å²) in [5.41, 5.74) is 4.53. The van der Waals surface area contributed by atoms with E-state index in [1.807, 2.05) is 36.4 Å². The van der Waals surface area contributed by atoms with Gasteiger partial charge in [-0.15, -0.1) is 6.58 Å². The maximum Gasteiger partial charge on any atom is 0.407 e. The van der Waals surface area contributed by atoms with E-state index in [1.165, 1.54) is 6.08 Å². The molecule has 0 fully saturated rings. The summed E-state index contributed by atoms with van der Waals surface area (Å²) in [7, 11) is 0. The lowest BCUT2D eigenvalue weighted by Crippen LogP contribution is -2.38. The van der Waals surface area contributed by atoms with Crippen LogP contribution in [0, 0.1) is 0 Å². The maximum absolute atomic E-state index is 12.1. The van der Waals surface area contributed by atoms with E-state index in [4.69, 9.17) is 9.84 Å². The van der Waals surface area contributed by atoms with Gasteiger partial charge in [-0.1, -0.05) is 54.6 Å². The zero-order valence-electron chi connectivity index (χ0n) is 16.5. The minimum absolute atomic E-state index is 0.0225. The molecule has 1 aliphatic carbocycles. The molecule has 2 aromatic rings. The van der Waals surface area contributed by atoms with Gasteiger partial charge in [0.2, 0.25) is 5.91 Å². The number of nitrogens with zero attached hydrogens (tertiary/aromatic N) is 1. The number of ether oxygens (including phenoxy) is 1. The topological polar surface area (TPSA) is 95.9 Å². The highest BCUT2D eigenvalue weighted by Crippen LogP contribution is 2.44. The first-order valence-corrected chi connectivity index (χ1v) is 9.70. The van der Waals surface area contributed by atoms with Crippen LogP contribution in [0.1, 0.15) is 23.5 Å². The average molecular weight is 408 g/mol. The van der Waals surface area contributed by atoms with Crippen LogP contribution in [0.4, 0.5) is 4.79 Å². The number of fused-ring (bicyclic) bond motifs is 3. The third-order valence-electron chi connectivity index (χ3n) is 4.98. The molecule has 7 heteroatoms. The van der Waals surface area contributed by atoms with Gasteiger partial charge in [-0.25, -0.2) is 4.79 Å². The monoisotopic (exact) mass is 408 g/mol. The van der Waals surface area contributed by atoms with E-state index >= 15 is 0 Å². The fraction of sp³-hybridized carbons (Fsp3) is 0.261. The van der Waals surface area contributed by atoms with Crippen LogP contribution in [0.25, 0.3) is 11.1 Å². The molecule has 0 unspecified atom stereocenters. The van der Waals surface area contributed by atoms with E-state index < -0.39 is 18.6 Å². The highest BCUT2D eigenvalue weighted by molar-refractivity contribution is 5.82. The largest absolute Gasteiger partial charge is 0.480 e. The molecular weight excluding hydrogens is 384 g/mol. The molecule has 3 rings (SSSR count). The second-order valence-corrected chi connectivity index (χ2v) is 6.96. The molecule has 0 aromatic heterocycles. The van der Waals surface area contributed by atoms with Gasteiger partial charge in [0.1, 0.15) is 13.2 Å². The Morgan fingerprint density at radius 3 is 2.23 bits per heavy atom. The van der Waals surface area contributed by atoms with Crippen LogP contribution in [0.15, 0.2) is 61.2 Å². The molecule has 0 saturated carbocycles. The third-order valence-corrected chi connectivity index (χ3v) is 4.98. The molecule has 0 heterocycles. The van der Waals surface area contributed by atoms with Crippen molar-refractivity contribution in [1.82, 2.24) is 10.2 Å². The number of carbonyl (C=O) groups excluding carboxylic acids is 2. The fourth-order valence-electron chi connectivity index (χ4n) is 3.65. The van der Waals surface area contributed by atoms with Crippen LogP contribution >= 0.6 is 0 Å². The summed E-state index contributed by atoms with van der Waals surface area (Å²) < 4.78 is 5.41. The third kappa shape index (κ3) is 4.86. The molecule has 0 bridgehead atoms. The van der Waals surface area contributed by atoms with E-state index in [2.05, 4.69) is 24.0 Å². The smallest absolute Gasteiger partial charge is 0.407 e. The van der Waals surface area contributed by atoms with Crippen molar-refractivity contribution in [1.29, 1.82) is 0 Å². The van der Waals surface area contributed by atoms with Crippen molar-refractivity contribution in [3.05, 3.63) is 72.3 Å². The van der Waals surface area contributed by atoms with Crippen molar-refractivity contribution >= 4 is 18.0 Å². The molecule has 2 N–H and O–H groups in total. The summed E-state index contributed by atoms with van der Waals surface area (Å²) in [4.78, 5) is 36.2. The minimum atomic E-state index is -1.10. The second kappa shape index (κ2) is 9.73. The SMILES string of the molecule is C=CCN(CC(=O)O)C(=O)CCNC(=O)OCC1c2ccccc2-c2ccccc21. The molecule has 30 heavy (non-hydrogen) atoms. The number of benzene rings is 2. The summed E-state index contributed by atoms with van der Waals surface area (Å²) in [5, 5.41) is 11.4. The van der Waals surface area contributed by atoms with E-state index in [0.29, 0.717) is 0 Å². The molecule has 0 saturated heterocycles. The van der Waals surface area contributed by atoms with E-state index in [1.54, 1.807) is 0 Å². The van der Waals surface area contributed by atoms with Crippen LogP contribution in [0.3, 0.4) is 0 Å². The Hall–Kier alpha value is -3.61. The quantitative estimate of drug-likeness (QED) is 0.622. The summed E-state index contributed by atoms with van der Waals surface area (Å²) in [6.45, 7) is 3.49. The van der Waals surface area contributed by atoms with Gasteiger partial charge >= 0.3 is 12.1 Å². The van der Waals surface area contributed by atoms with Crippen molar-refractivity contribution in [3.63, 3.8) is 0 Å². The van der Waals surface area contributed by atoms with Crippen LogP contribution in [0.5, 0.6) is 0 Å². The number of aliphatic carboxylic acids is 1. The molecule has 1 aliphatic rings. The first kappa shape index (κ1) is 21.1. The average Bonchev–Trinajstić information content (AvgIpc) is 3.05. The Morgan fingerprint density at radius 1 is 1.07 bits per heavy atom. The Bertz CT molecular complexity index is 911. The van der Waals surface area contributed by atoms with Gasteiger partial charge < -0.3 is 20.1 Å². The van der Waals surface area contributed by atoms with Gasteiger partial charge in [0.05, 0.1) is 0 Å². The lowest BCUT2D eigenvalue weighted by molar-refractivity contribution is -0.144. The maximum atomic E-state index is 12.1. The molecule has 0 atom stereocenters. The predicted molar refractivity (Wildman–Crippen MR) is 112 cm³/mol. The number of hydrogen-bond donors (Lipinski definition) is 2. The first-order chi connectivity index (χ1) is 14.5. The first-order valence-electron chi connectivity index (χ1n) is 9.70. The van der Waals surface area contributed by atoms with Gasteiger partial charge in [-0.05, 0) is 22.3 Å². The highest BCUT2D eigenvalue weighted by atomic mass is 16.5. The summed E-state index contributed by atoms with van der Waals surface area (Å²) in [6.07, 6.45) is 0.823. The Balaban J connectivity index is 1.51. The van der Waals surface area contributed by atoms with Crippen LogP contribution in [-0.2, 0) is 14.3 Å². The van der Waals surface area contributed by atoms with Gasteiger partial charge in [0.25, 0.3) is 0 Å². The van der Waals surface area contributed by atoms with Crippen LogP contribution in [0.2, 0.25) is 0 Å². The number of amides is 2. The lowest BCUT2D eigenvalue weighted by Gasteiger charge is -2.19. The van der Waals surface area contributed by atoms with E-state index in [9.17, 15) is 14.4 Å². The van der Waals surface area contributed by atoms with Crippen molar-refractivity contribution in [2.75, 3.05) is 26.2 Å². The summed E-state index contributed by atoms with van der Waals surface area (Å²) >= 11 is 0. The van der Waals surface area contributed by atoms with Crippen molar-refractivity contribution in [3.8, 4) is 11.1 Å². The Labute approximate surface area is 175 Å². The van der Waals surface area contributed by atoms with Crippen molar-refractivity contribution < 1.29 is 24.2 Å². The molecule has 0 radical (unpaired) electrons. The van der Waals surface area contributed by atoms with Crippen LogP contribution < -0.4 is 5.32 Å². The molecule has 2 aromatic carbocycles. The second-order valence-electron chi connectivity index (χ2n) is 6.96. The van der Waals surface area contributed by atoms with Crippen LogP contribution in [-0.4, -0.2) is 54.2 Å². The standard InChI is InChI=1S/C23H24N2O5/c1-2-13-25(14-22(27)28)21(26)11-12-24-23(29)30-15-20-18-9-5-3-7-16(18)17-8-4-6-10-19(17)20/h2-10,20H,1,11-15H2,(H,24,29)(H,27,28). The molecule has 7 nitrogen and oxygen atoms in total. The van der Waals surface area contributed by atoms with Gasteiger partial charge in [0.15, 0.2) is 0 Å². The normalized spacial score (nSPS) is 11.9. The molecule has 0 aliphatic heterocycles. The molecule has 2 amide bonds. The van der Waals surface area contributed by atoms with Gasteiger partial charge in [-0.3, -0.25) is 9.59 Å². The minimum Gasteiger partial charge on any atom is -0.480 e. The number of rotatable bonds is 9. The molecule has 156 valence electrons. The number of nitrogens with one attached hydrogen (secondary N) is 1. The molecule has 0 spiro atoms. The summed E-state index contributed by atoms with van der Waals surface area (Å²) in [5.74, 6) is -1.52. The summed E-state index contributed by atoms with van der Waals surface area (Å²) in [6, 6.07) is 16.1. The zero-order chi connectivity index (χ0) is 21.5. The number of alkyl carbamates (subject to hydrolysis) is 1. The lowest BCUT2D eigenvalue weighted by atomic mass is 9.98. The predicted octanol–water partition coefficient (Wildman–Crippen LogP) is 3.01. The fourth-order valence-corrected chi connectivity index (χ4v) is 3.65.